The van der Waals surface area contributed by atoms with Gasteiger partial charge in [0.05, 0.1) is 19.9 Å². The predicted octanol–water partition coefficient (Wildman–Crippen LogP) is 6.08. The quantitative estimate of drug-likeness (QED) is 0.319. The summed E-state index contributed by atoms with van der Waals surface area (Å²) in [5.41, 5.74) is 0.488. The predicted molar refractivity (Wildman–Crippen MR) is 134 cm³/mol. The molecule has 11 heteroatoms. The second kappa shape index (κ2) is 14.8. The third-order valence-electron chi connectivity index (χ3n) is 4.94. The van der Waals surface area contributed by atoms with Crippen LogP contribution in [0.2, 0.25) is 0 Å². The van der Waals surface area contributed by atoms with Crippen molar-refractivity contribution in [3.8, 4) is 5.75 Å². The van der Waals surface area contributed by atoms with Crippen molar-refractivity contribution < 1.29 is 33.6 Å². The van der Waals surface area contributed by atoms with Gasteiger partial charge in [-0.05, 0) is 31.9 Å². The highest BCUT2D eigenvalue weighted by Crippen LogP contribution is 2.28. The Kier molecular flexibility index (Phi) is 12.6. The SMILES string of the molecule is C=C.CCOc1cc2nccn2cc1NC(=O)c1cccc(C(C)(F)F)n1.F.FC[C@@H]1CCCOC1.[HH]. The van der Waals surface area contributed by atoms with E-state index in [1.165, 1.54) is 18.2 Å². The van der Waals surface area contributed by atoms with Gasteiger partial charge in [0.2, 0.25) is 0 Å². The first-order chi connectivity index (χ1) is 16.8. The number of anilines is 1. The van der Waals surface area contributed by atoms with Crippen molar-refractivity contribution in [1.29, 1.82) is 0 Å². The lowest BCUT2D eigenvalue weighted by atomic mass is 10.0. The molecule has 1 atom stereocenters. The number of halogens is 4. The molecule has 1 N–H and O–H groups in total. The Bertz CT molecular complexity index is 1090. The van der Waals surface area contributed by atoms with Gasteiger partial charge in [-0.2, -0.15) is 8.78 Å². The summed E-state index contributed by atoms with van der Waals surface area (Å²) < 4.78 is 50.9. The number of alkyl halides is 3. The van der Waals surface area contributed by atoms with Gasteiger partial charge < -0.3 is 19.2 Å². The Morgan fingerprint density at radius 1 is 1.39 bits per heavy atom. The van der Waals surface area contributed by atoms with Gasteiger partial charge in [0.25, 0.3) is 11.8 Å². The van der Waals surface area contributed by atoms with Crippen molar-refractivity contribution in [1.82, 2.24) is 14.4 Å². The van der Waals surface area contributed by atoms with Gasteiger partial charge in [0.15, 0.2) is 0 Å². The fraction of sp³-hybridized carbons (Fsp3) is 0.400. The molecule has 200 valence electrons. The first-order valence-corrected chi connectivity index (χ1v) is 11.2. The van der Waals surface area contributed by atoms with Crippen molar-refractivity contribution in [3.05, 3.63) is 67.4 Å². The lowest BCUT2D eigenvalue weighted by molar-refractivity contribution is 0.0126. The number of imidazole rings is 1. The highest BCUT2D eigenvalue weighted by Gasteiger charge is 2.27. The molecule has 4 heterocycles. The average Bonchev–Trinajstić information content (AvgIpc) is 3.33. The lowest BCUT2D eigenvalue weighted by Gasteiger charge is -2.18. The Labute approximate surface area is 209 Å². The molecule has 4 rings (SSSR count). The van der Waals surface area contributed by atoms with Crippen LogP contribution in [0.5, 0.6) is 5.75 Å². The van der Waals surface area contributed by atoms with Gasteiger partial charge in [-0.3, -0.25) is 13.9 Å². The fourth-order valence-electron chi connectivity index (χ4n) is 3.23. The highest BCUT2D eigenvalue weighted by molar-refractivity contribution is 6.03. The number of carbonyl (C=O) groups excluding carboxylic acids is 1. The Morgan fingerprint density at radius 3 is 2.72 bits per heavy atom. The van der Waals surface area contributed by atoms with Gasteiger partial charge >= 0.3 is 0 Å². The van der Waals surface area contributed by atoms with Gasteiger partial charge in [-0.15, -0.1) is 13.2 Å². The van der Waals surface area contributed by atoms with E-state index in [9.17, 15) is 18.0 Å². The van der Waals surface area contributed by atoms with Crippen molar-refractivity contribution in [2.24, 2.45) is 5.92 Å². The number of hydrogen-bond donors (Lipinski definition) is 1. The minimum Gasteiger partial charge on any atom is -0.491 e. The number of fused-ring (bicyclic) bond motifs is 1. The first kappa shape index (κ1) is 30.6. The molecule has 1 amide bonds. The minimum absolute atomic E-state index is 0. The molecule has 0 bridgehead atoms. The van der Waals surface area contributed by atoms with Crippen molar-refractivity contribution >= 4 is 17.2 Å². The van der Waals surface area contributed by atoms with E-state index in [1.807, 2.05) is 6.92 Å². The molecule has 0 aliphatic carbocycles. The number of pyridine rings is 2. The summed E-state index contributed by atoms with van der Waals surface area (Å²) in [6.45, 7) is 10.2. The van der Waals surface area contributed by atoms with E-state index < -0.39 is 17.5 Å². The number of rotatable bonds is 6. The molecule has 3 aromatic heterocycles. The number of nitrogens with zero attached hydrogens (tertiary/aromatic N) is 3. The molecule has 0 aromatic carbocycles. The van der Waals surface area contributed by atoms with E-state index in [0.717, 1.165) is 26.4 Å². The fourth-order valence-corrected chi connectivity index (χ4v) is 3.23. The molecule has 1 aliphatic rings. The largest absolute Gasteiger partial charge is 0.491 e. The molecule has 0 unspecified atom stereocenters. The number of amides is 1. The number of carbonyl (C=O) groups is 1. The summed E-state index contributed by atoms with van der Waals surface area (Å²) in [5.74, 6) is -3.09. The van der Waals surface area contributed by atoms with Gasteiger partial charge in [0, 0.05) is 45.5 Å². The average molecular weight is 515 g/mol. The summed E-state index contributed by atoms with van der Waals surface area (Å²) in [4.78, 5) is 20.3. The van der Waals surface area contributed by atoms with Crippen molar-refractivity contribution in [3.63, 3.8) is 0 Å². The standard InChI is InChI=1S/C17H16F2N4O2.C6H11FO.C2H4.FH.H2/c1-3-25-13-9-15-20-7-8-23(15)10-12(13)22-16(24)11-5-4-6-14(21-11)17(2,18)19;7-4-6-2-1-3-8-5-6;1-2;;/h4-10H,3H2,1-2H3,(H,22,24);6H,1-5H2;1-2H2;2*1H/t;6-;;;/m.0.../s1. The summed E-state index contributed by atoms with van der Waals surface area (Å²) in [6, 6.07) is 5.61. The van der Waals surface area contributed by atoms with Crippen LogP contribution in [-0.2, 0) is 10.7 Å². The van der Waals surface area contributed by atoms with Crippen LogP contribution in [0.15, 0.2) is 56.0 Å². The second-order valence-corrected chi connectivity index (χ2v) is 7.67. The molecule has 1 fully saturated rings. The van der Waals surface area contributed by atoms with Gasteiger partial charge in [-0.1, -0.05) is 6.07 Å². The Morgan fingerprint density at radius 2 is 2.14 bits per heavy atom. The maximum atomic E-state index is 13.4. The van der Waals surface area contributed by atoms with Crippen LogP contribution in [-0.4, -0.2) is 46.8 Å². The summed E-state index contributed by atoms with van der Waals surface area (Å²) >= 11 is 0. The minimum atomic E-state index is -3.12. The number of nitrogens with one attached hydrogen (secondary N) is 1. The van der Waals surface area contributed by atoms with Crippen LogP contribution in [0.4, 0.5) is 23.6 Å². The zero-order valence-electron chi connectivity index (χ0n) is 20.4. The number of hydrogen-bond acceptors (Lipinski definition) is 5. The van der Waals surface area contributed by atoms with E-state index >= 15 is 0 Å². The molecule has 0 saturated carbocycles. The smallest absolute Gasteiger partial charge is 0.287 e. The van der Waals surface area contributed by atoms with Crippen LogP contribution >= 0.6 is 0 Å². The van der Waals surface area contributed by atoms with Crippen molar-refractivity contribution in [2.75, 3.05) is 31.8 Å². The van der Waals surface area contributed by atoms with E-state index in [4.69, 9.17) is 9.47 Å². The molecule has 0 radical (unpaired) electrons. The second-order valence-electron chi connectivity index (χ2n) is 7.67. The van der Waals surface area contributed by atoms with Crippen LogP contribution in [0.3, 0.4) is 0 Å². The molecule has 1 aliphatic heterocycles. The molecule has 7 nitrogen and oxygen atoms in total. The van der Waals surface area contributed by atoms with Crippen LogP contribution in [0.1, 0.15) is 44.3 Å². The number of aromatic nitrogens is 3. The summed E-state index contributed by atoms with van der Waals surface area (Å²) in [7, 11) is 0. The first-order valence-electron chi connectivity index (χ1n) is 11.2. The lowest BCUT2D eigenvalue weighted by Crippen LogP contribution is -2.18. The maximum Gasteiger partial charge on any atom is 0.287 e. The van der Waals surface area contributed by atoms with Crippen molar-refractivity contribution in [2.45, 2.75) is 32.6 Å². The zero-order chi connectivity index (χ0) is 25.8. The molecule has 0 spiro atoms. The van der Waals surface area contributed by atoms with Crippen LogP contribution in [0.25, 0.3) is 5.65 Å². The highest BCUT2D eigenvalue weighted by atomic mass is 19.3. The third-order valence-corrected chi connectivity index (χ3v) is 4.94. The van der Waals surface area contributed by atoms with Crippen LogP contribution in [0, 0.1) is 5.92 Å². The molecule has 1 saturated heterocycles. The van der Waals surface area contributed by atoms with E-state index in [2.05, 4.69) is 28.4 Å². The maximum absolute atomic E-state index is 13.4. The molecular formula is C25H34F4N4O3. The van der Waals surface area contributed by atoms with Crippen LogP contribution < -0.4 is 10.1 Å². The third kappa shape index (κ3) is 8.63. The van der Waals surface area contributed by atoms with Gasteiger partial charge in [0.1, 0.15) is 28.5 Å². The van der Waals surface area contributed by atoms with E-state index in [1.54, 1.807) is 29.1 Å². The zero-order valence-corrected chi connectivity index (χ0v) is 20.4. The monoisotopic (exact) mass is 514 g/mol. The van der Waals surface area contributed by atoms with Gasteiger partial charge in [-0.25, -0.2) is 9.97 Å². The molecular weight excluding hydrogens is 480 g/mol. The number of ether oxygens (including phenoxy) is 2. The summed E-state index contributed by atoms with van der Waals surface area (Å²) in [6.07, 6.45) is 7.02. The van der Waals surface area contributed by atoms with E-state index in [0.29, 0.717) is 30.3 Å². The summed E-state index contributed by atoms with van der Waals surface area (Å²) in [5, 5.41) is 2.65. The van der Waals surface area contributed by atoms with E-state index in [-0.39, 0.29) is 24.4 Å². The Hall–Kier alpha value is -3.47. The Balaban J connectivity index is 0.000000920. The normalized spacial score (nSPS) is 14.9. The molecule has 3 aromatic rings. The topological polar surface area (TPSA) is 77.8 Å². The molecule has 36 heavy (non-hydrogen) atoms.